The van der Waals surface area contributed by atoms with Gasteiger partial charge in [0.2, 0.25) is 5.95 Å². The van der Waals surface area contributed by atoms with Crippen LogP contribution >= 0.6 is 0 Å². The molecule has 4 rings (SSSR count). The van der Waals surface area contributed by atoms with Crippen LogP contribution in [0.15, 0.2) is 91.1 Å². The molecule has 0 saturated heterocycles. The maximum atomic E-state index is 5.97. The predicted molar refractivity (Wildman–Crippen MR) is 115 cm³/mol. The summed E-state index contributed by atoms with van der Waals surface area (Å²) in [5.41, 5.74) is 2.03. The van der Waals surface area contributed by atoms with E-state index in [1.165, 1.54) is 5.56 Å². The van der Waals surface area contributed by atoms with E-state index in [0.29, 0.717) is 17.5 Å². The van der Waals surface area contributed by atoms with Crippen molar-refractivity contribution in [1.82, 2.24) is 15.2 Å². The molecule has 29 heavy (non-hydrogen) atoms. The predicted octanol–water partition coefficient (Wildman–Crippen LogP) is 5.06. The number of para-hydroxylation sites is 3. The van der Waals surface area contributed by atoms with Gasteiger partial charge in [0, 0.05) is 6.54 Å². The van der Waals surface area contributed by atoms with Gasteiger partial charge in [0.25, 0.3) is 0 Å². The zero-order valence-corrected chi connectivity index (χ0v) is 15.8. The molecule has 1 aromatic heterocycles. The Balaban J connectivity index is 1.41. The van der Waals surface area contributed by atoms with E-state index in [-0.39, 0.29) is 0 Å². The third-order valence-corrected chi connectivity index (χ3v) is 4.23. The van der Waals surface area contributed by atoms with E-state index in [1.54, 1.807) is 6.20 Å². The lowest BCUT2D eigenvalue weighted by Gasteiger charge is -2.12. The van der Waals surface area contributed by atoms with Crippen molar-refractivity contribution in [3.8, 4) is 11.5 Å². The van der Waals surface area contributed by atoms with E-state index in [9.17, 15) is 0 Å². The average molecular weight is 383 g/mol. The van der Waals surface area contributed by atoms with Crippen LogP contribution in [0, 0.1) is 0 Å². The highest BCUT2D eigenvalue weighted by Gasteiger charge is 2.07. The molecule has 0 aliphatic carbocycles. The molecule has 4 aromatic rings. The van der Waals surface area contributed by atoms with Crippen molar-refractivity contribution < 1.29 is 4.74 Å². The Bertz CT molecular complexity index is 1040. The molecule has 3 aromatic carbocycles. The van der Waals surface area contributed by atoms with E-state index in [0.717, 1.165) is 24.4 Å². The molecule has 6 heteroatoms. The highest BCUT2D eigenvalue weighted by atomic mass is 16.5. The molecular formula is C23H21N5O. The molecular weight excluding hydrogens is 362 g/mol. The number of rotatable bonds is 8. The van der Waals surface area contributed by atoms with Gasteiger partial charge in [-0.25, -0.2) is 0 Å². The first kappa shape index (κ1) is 18.4. The second kappa shape index (κ2) is 9.32. The number of ether oxygens (including phenoxy) is 1. The Kier molecular flexibility index (Phi) is 5.93. The van der Waals surface area contributed by atoms with E-state index < -0.39 is 0 Å². The summed E-state index contributed by atoms with van der Waals surface area (Å²) in [5.74, 6) is 2.51. The van der Waals surface area contributed by atoms with Gasteiger partial charge in [0.1, 0.15) is 5.75 Å². The minimum Gasteiger partial charge on any atom is -0.455 e. The van der Waals surface area contributed by atoms with Crippen molar-refractivity contribution in [2.45, 2.75) is 6.42 Å². The molecule has 0 atom stereocenters. The molecule has 0 radical (unpaired) electrons. The second-order valence-corrected chi connectivity index (χ2v) is 6.36. The van der Waals surface area contributed by atoms with E-state index in [2.05, 4.69) is 37.9 Å². The lowest BCUT2D eigenvalue weighted by molar-refractivity contribution is 0.485. The topological polar surface area (TPSA) is 72.0 Å². The van der Waals surface area contributed by atoms with Gasteiger partial charge in [0.15, 0.2) is 11.6 Å². The largest absolute Gasteiger partial charge is 0.455 e. The van der Waals surface area contributed by atoms with E-state index in [4.69, 9.17) is 4.74 Å². The summed E-state index contributed by atoms with van der Waals surface area (Å²) in [4.78, 5) is 4.50. The number of hydrogen-bond acceptors (Lipinski definition) is 6. The van der Waals surface area contributed by atoms with Gasteiger partial charge in [0.05, 0.1) is 11.9 Å². The maximum Gasteiger partial charge on any atom is 0.249 e. The van der Waals surface area contributed by atoms with Crippen molar-refractivity contribution in [1.29, 1.82) is 0 Å². The molecule has 0 spiro atoms. The maximum absolute atomic E-state index is 5.97. The fourth-order valence-electron chi connectivity index (χ4n) is 2.82. The molecule has 0 saturated carbocycles. The smallest absolute Gasteiger partial charge is 0.249 e. The minimum atomic E-state index is 0.402. The van der Waals surface area contributed by atoms with Crippen LogP contribution in [0.3, 0.4) is 0 Å². The van der Waals surface area contributed by atoms with Crippen molar-refractivity contribution in [3.63, 3.8) is 0 Å². The standard InChI is InChI=1S/C23H21N5O/c1-3-9-18(10-4-1)15-16-24-22-17-25-28-23(27-22)26-20-13-7-8-14-21(20)29-19-11-5-2-6-12-19/h1-14,17H,15-16H2,(H2,24,26,27,28). The number of benzene rings is 3. The normalized spacial score (nSPS) is 10.3. The highest BCUT2D eigenvalue weighted by Crippen LogP contribution is 2.30. The Morgan fingerprint density at radius 1 is 0.793 bits per heavy atom. The fraction of sp³-hybridized carbons (Fsp3) is 0.0870. The molecule has 6 nitrogen and oxygen atoms in total. The fourth-order valence-corrected chi connectivity index (χ4v) is 2.82. The first-order valence-corrected chi connectivity index (χ1v) is 9.43. The average Bonchev–Trinajstić information content (AvgIpc) is 2.77. The molecule has 0 aliphatic heterocycles. The molecule has 144 valence electrons. The van der Waals surface area contributed by atoms with Crippen LogP contribution in [-0.4, -0.2) is 21.7 Å². The van der Waals surface area contributed by atoms with Gasteiger partial charge in [-0.2, -0.15) is 10.1 Å². The summed E-state index contributed by atoms with van der Waals surface area (Å²) in [6, 6.07) is 27.6. The monoisotopic (exact) mass is 383 g/mol. The number of anilines is 3. The van der Waals surface area contributed by atoms with Crippen LogP contribution in [0.25, 0.3) is 0 Å². The number of hydrogen-bond donors (Lipinski definition) is 2. The Hall–Kier alpha value is -3.93. The number of aromatic nitrogens is 3. The Morgan fingerprint density at radius 3 is 2.34 bits per heavy atom. The van der Waals surface area contributed by atoms with Crippen molar-refractivity contribution in [3.05, 3.63) is 96.7 Å². The first-order chi connectivity index (χ1) is 14.4. The van der Waals surface area contributed by atoms with Gasteiger partial charge < -0.3 is 15.4 Å². The lowest BCUT2D eigenvalue weighted by Crippen LogP contribution is -2.09. The third-order valence-electron chi connectivity index (χ3n) is 4.23. The molecule has 2 N–H and O–H groups in total. The van der Waals surface area contributed by atoms with Crippen molar-refractivity contribution >= 4 is 17.5 Å². The molecule has 0 amide bonds. The molecule has 0 fully saturated rings. The quantitative estimate of drug-likeness (QED) is 0.443. The SMILES string of the molecule is c1ccc(CCNc2cnnc(Nc3ccccc3Oc3ccccc3)n2)cc1. The number of nitrogens with zero attached hydrogens (tertiary/aromatic N) is 3. The van der Waals surface area contributed by atoms with Gasteiger partial charge in [-0.15, -0.1) is 5.10 Å². The van der Waals surface area contributed by atoms with Crippen LogP contribution in [0.4, 0.5) is 17.5 Å². The third kappa shape index (κ3) is 5.29. The zero-order chi connectivity index (χ0) is 19.7. The highest BCUT2D eigenvalue weighted by molar-refractivity contribution is 5.63. The van der Waals surface area contributed by atoms with Crippen LogP contribution < -0.4 is 15.4 Å². The summed E-state index contributed by atoms with van der Waals surface area (Å²) >= 11 is 0. The molecule has 0 bridgehead atoms. The lowest BCUT2D eigenvalue weighted by atomic mass is 10.1. The van der Waals surface area contributed by atoms with Crippen LogP contribution in [0.1, 0.15) is 5.56 Å². The van der Waals surface area contributed by atoms with E-state index >= 15 is 0 Å². The second-order valence-electron chi connectivity index (χ2n) is 6.36. The zero-order valence-electron chi connectivity index (χ0n) is 15.8. The Labute approximate surface area is 169 Å². The molecule has 1 heterocycles. The summed E-state index contributed by atoms with van der Waals surface area (Å²) in [6.07, 6.45) is 2.52. The summed E-state index contributed by atoms with van der Waals surface area (Å²) in [5, 5.41) is 14.6. The van der Waals surface area contributed by atoms with Crippen molar-refractivity contribution in [2.75, 3.05) is 17.2 Å². The molecule has 0 unspecified atom stereocenters. The first-order valence-electron chi connectivity index (χ1n) is 9.43. The summed E-state index contributed by atoms with van der Waals surface area (Å²) in [6.45, 7) is 0.760. The van der Waals surface area contributed by atoms with Crippen LogP contribution in [0.5, 0.6) is 11.5 Å². The Morgan fingerprint density at radius 2 is 1.52 bits per heavy atom. The van der Waals surface area contributed by atoms with E-state index in [1.807, 2.05) is 72.8 Å². The summed E-state index contributed by atoms with van der Waals surface area (Å²) < 4.78 is 5.97. The van der Waals surface area contributed by atoms with Gasteiger partial charge >= 0.3 is 0 Å². The van der Waals surface area contributed by atoms with Crippen LogP contribution in [0.2, 0.25) is 0 Å². The minimum absolute atomic E-state index is 0.402. The van der Waals surface area contributed by atoms with Crippen LogP contribution in [-0.2, 0) is 6.42 Å². The van der Waals surface area contributed by atoms with Crippen molar-refractivity contribution in [2.24, 2.45) is 0 Å². The van der Waals surface area contributed by atoms with Gasteiger partial charge in [-0.3, -0.25) is 0 Å². The molecule has 0 aliphatic rings. The van der Waals surface area contributed by atoms with Gasteiger partial charge in [-0.1, -0.05) is 60.7 Å². The number of nitrogens with one attached hydrogen (secondary N) is 2. The summed E-state index contributed by atoms with van der Waals surface area (Å²) in [7, 11) is 0. The van der Waals surface area contributed by atoms with Gasteiger partial charge in [-0.05, 0) is 36.2 Å².